The van der Waals surface area contributed by atoms with Gasteiger partial charge in [-0.25, -0.2) is 0 Å². The molecule has 1 heteroatoms. The van der Waals surface area contributed by atoms with Crippen LogP contribution in [0.3, 0.4) is 0 Å². The lowest BCUT2D eigenvalue weighted by Gasteiger charge is -2.18. The maximum absolute atomic E-state index is 10.4. The van der Waals surface area contributed by atoms with Crippen LogP contribution in [0, 0.1) is 0 Å². The minimum Gasteiger partial charge on any atom is -0.507 e. The zero-order valence-electron chi connectivity index (χ0n) is 11.7. The maximum Gasteiger partial charge on any atom is 0.122 e. The monoisotopic (exact) mass is 234 g/mol. The van der Waals surface area contributed by atoms with Gasteiger partial charge in [-0.3, -0.25) is 0 Å². The summed E-state index contributed by atoms with van der Waals surface area (Å²) in [6.45, 7) is 8.79. The third-order valence-corrected chi connectivity index (χ3v) is 3.60. The average molecular weight is 234 g/mol. The third-order valence-electron chi connectivity index (χ3n) is 3.60. The van der Waals surface area contributed by atoms with E-state index >= 15 is 0 Å². The fourth-order valence-electron chi connectivity index (χ4n) is 2.55. The fraction of sp³-hybridized carbons (Fsp3) is 0.625. The number of hydrogen-bond donors (Lipinski definition) is 1. The Balaban J connectivity index is 2.98. The lowest BCUT2D eigenvalue weighted by atomic mass is 9.89. The van der Waals surface area contributed by atoms with Crippen LogP contribution >= 0.6 is 0 Å². The molecule has 0 amide bonds. The van der Waals surface area contributed by atoms with E-state index in [-0.39, 0.29) is 0 Å². The summed E-state index contributed by atoms with van der Waals surface area (Å²) in [7, 11) is 0. The van der Waals surface area contributed by atoms with Gasteiger partial charge in [0, 0.05) is 0 Å². The summed E-state index contributed by atoms with van der Waals surface area (Å²) in [4.78, 5) is 0. The molecule has 1 rings (SSSR count). The van der Waals surface area contributed by atoms with Crippen molar-refractivity contribution in [1.82, 2.24) is 0 Å². The predicted octanol–water partition coefficient (Wildman–Crippen LogP) is 5.20. The molecule has 0 fully saturated rings. The maximum atomic E-state index is 10.4. The Hall–Kier alpha value is -0.980. The first kappa shape index (κ1) is 14.1. The van der Waals surface area contributed by atoms with Crippen LogP contribution < -0.4 is 0 Å². The molecule has 0 heterocycles. The van der Waals surface area contributed by atoms with Crippen LogP contribution in [0.1, 0.15) is 76.3 Å². The molecular weight excluding hydrogens is 208 g/mol. The first-order valence-electron chi connectivity index (χ1n) is 6.93. The summed E-state index contributed by atoms with van der Waals surface area (Å²) in [6.07, 6.45) is 4.60. The number of para-hydroxylation sites is 1. The number of phenols is 1. The summed E-state index contributed by atoms with van der Waals surface area (Å²) >= 11 is 0. The summed E-state index contributed by atoms with van der Waals surface area (Å²) in [6, 6.07) is 6.22. The second-order valence-electron chi connectivity index (χ2n) is 5.16. The highest BCUT2D eigenvalue weighted by Crippen LogP contribution is 2.36. The van der Waals surface area contributed by atoms with Crippen molar-refractivity contribution in [3.05, 3.63) is 29.3 Å². The largest absolute Gasteiger partial charge is 0.507 e. The summed E-state index contributed by atoms with van der Waals surface area (Å²) in [5, 5.41) is 10.4. The van der Waals surface area contributed by atoms with E-state index in [1.807, 2.05) is 0 Å². The minimum atomic E-state index is 0.453. The highest BCUT2D eigenvalue weighted by Gasteiger charge is 2.15. The van der Waals surface area contributed by atoms with Crippen LogP contribution in [0.25, 0.3) is 0 Å². The highest BCUT2D eigenvalue weighted by atomic mass is 16.3. The molecule has 1 aromatic rings. The molecule has 1 aromatic carbocycles. The molecule has 0 saturated heterocycles. The first-order valence-corrected chi connectivity index (χ1v) is 6.93. The van der Waals surface area contributed by atoms with Gasteiger partial charge < -0.3 is 5.11 Å². The molecule has 0 aromatic heterocycles. The fourth-order valence-corrected chi connectivity index (χ4v) is 2.55. The van der Waals surface area contributed by atoms with Crippen LogP contribution in [-0.4, -0.2) is 5.11 Å². The average Bonchev–Trinajstić information content (AvgIpc) is 2.29. The minimum absolute atomic E-state index is 0.453. The van der Waals surface area contributed by atoms with Crippen molar-refractivity contribution in [2.75, 3.05) is 0 Å². The van der Waals surface area contributed by atoms with E-state index in [4.69, 9.17) is 0 Å². The van der Waals surface area contributed by atoms with Gasteiger partial charge in [-0.2, -0.15) is 0 Å². The lowest BCUT2D eigenvalue weighted by Crippen LogP contribution is -1.99. The molecule has 0 bridgehead atoms. The van der Waals surface area contributed by atoms with Crippen molar-refractivity contribution < 1.29 is 5.11 Å². The number of hydrogen-bond acceptors (Lipinski definition) is 1. The van der Waals surface area contributed by atoms with Gasteiger partial charge >= 0.3 is 0 Å². The zero-order chi connectivity index (χ0) is 12.8. The summed E-state index contributed by atoms with van der Waals surface area (Å²) < 4.78 is 0. The quantitative estimate of drug-likeness (QED) is 0.717. The molecule has 17 heavy (non-hydrogen) atoms. The van der Waals surface area contributed by atoms with E-state index in [2.05, 4.69) is 45.9 Å². The Kier molecular flexibility index (Phi) is 5.54. The Morgan fingerprint density at radius 3 is 1.71 bits per heavy atom. The summed E-state index contributed by atoms with van der Waals surface area (Å²) in [5.74, 6) is 1.44. The molecule has 0 saturated carbocycles. The van der Waals surface area contributed by atoms with E-state index in [0.29, 0.717) is 17.6 Å². The standard InChI is InChI=1S/C16H26O/c1-5-8-12(3)14-10-7-11-15(16(14)17)13(4)9-6-2/h7,10-13,17H,5-6,8-9H2,1-4H3/t12-,13-/m0/s1. The van der Waals surface area contributed by atoms with Gasteiger partial charge in [-0.05, 0) is 35.8 Å². The van der Waals surface area contributed by atoms with Crippen LogP contribution in [0.5, 0.6) is 5.75 Å². The molecule has 1 nitrogen and oxygen atoms in total. The number of aromatic hydroxyl groups is 1. The van der Waals surface area contributed by atoms with Gasteiger partial charge in [0.25, 0.3) is 0 Å². The highest BCUT2D eigenvalue weighted by molar-refractivity contribution is 5.43. The second-order valence-corrected chi connectivity index (χ2v) is 5.16. The first-order chi connectivity index (χ1) is 8.11. The molecule has 0 aliphatic heterocycles. The van der Waals surface area contributed by atoms with Crippen molar-refractivity contribution in [2.45, 2.75) is 65.2 Å². The number of benzene rings is 1. The van der Waals surface area contributed by atoms with Gasteiger partial charge in [-0.1, -0.05) is 58.7 Å². The van der Waals surface area contributed by atoms with Gasteiger partial charge in [0.15, 0.2) is 0 Å². The molecule has 0 aliphatic carbocycles. The van der Waals surface area contributed by atoms with Crippen LogP contribution in [0.2, 0.25) is 0 Å². The van der Waals surface area contributed by atoms with Crippen molar-refractivity contribution in [3.8, 4) is 5.75 Å². The Bertz CT molecular complexity index is 313. The van der Waals surface area contributed by atoms with Crippen LogP contribution in [0.15, 0.2) is 18.2 Å². The molecule has 0 radical (unpaired) electrons. The Morgan fingerprint density at radius 1 is 0.941 bits per heavy atom. The lowest BCUT2D eigenvalue weighted by molar-refractivity contribution is 0.446. The SMILES string of the molecule is CCC[C@H](C)c1cccc([C@@H](C)CCC)c1O. The van der Waals surface area contributed by atoms with Crippen molar-refractivity contribution >= 4 is 0 Å². The normalized spacial score (nSPS) is 14.6. The van der Waals surface area contributed by atoms with Crippen molar-refractivity contribution in [1.29, 1.82) is 0 Å². The number of phenolic OH excluding ortho intramolecular Hbond substituents is 1. The van der Waals surface area contributed by atoms with Gasteiger partial charge in [0.2, 0.25) is 0 Å². The van der Waals surface area contributed by atoms with Crippen LogP contribution in [-0.2, 0) is 0 Å². The zero-order valence-corrected chi connectivity index (χ0v) is 11.7. The van der Waals surface area contributed by atoms with Crippen molar-refractivity contribution in [3.63, 3.8) is 0 Å². The molecule has 1 N–H and O–H groups in total. The van der Waals surface area contributed by atoms with E-state index in [9.17, 15) is 5.11 Å². The molecule has 2 atom stereocenters. The molecule has 0 spiro atoms. The van der Waals surface area contributed by atoms with E-state index in [0.717, 1.165) is 36.8 Å². The molecule has 0 unspecified atom stereocenters. The smallest absolute Gasteiger partial charge is 0.122 e. The third kappa shape index (κ3) is 3.49. The van der Waals surface area contributed by atoms with Gasteiger partial charge in [0.1, 0.15) is 5.75 Å². The summed E-state index contributed by atoms with van der Waals surface area (Å²) in [5.41, 5.74) is 2.24. The van der Waals surface area contributed by atoms with Gasteiger partial charge in [-0.15, -0.1) is 0 Å². The topological polar surface area (TPSA) is 20.2 Å². The van der Waals surface area contributed by atoms with E-state index < -0.39 is 0 Å². The molecule has 96 valence electrons. The second kappa shape index (κ2) is 6.68. The number of rotatable bonds is 6. The van der Waals surface area contributed by atoms with Crippen molar-refractivity contribution in [2.24, 2.45) is 0 Å². The van der Waals surface area contributed by atoms with E-state index in [1.54, 1.807) is 0 Å². The molecule has 0 aliphatic rings. The van der Waals surface area contributed by atoms with E-state index in [1.165, 1.54) is 0 Å². The Morgan fingerprint density at radius 2 is 1.35 bits per heavy atom. The van der Waals surface area contributed by atoms with Crippen LogP contribution in [0.4, 0.5) is 0 Å². The molecular formula is C16H26O. The Labute approximate surface area is 106 Å². The predicted molar refractivity (Wildman–Crippen MR) is 74.8 cm³/mol. The van der Waals surface area contributed by atoms with Gasteiger partial charge in [0.05, 0.1) is 0 Å².